The Hall–Kier alpha value is -2.13. The van der Waals surface area contributed by atoms with Crippen LogP contribution < -0.4 is 0 Å². The monoisotopic (exact) mass is 252 g/mol. The Morgan fingerprint density at radius 3 is 2.53 bits per heavy atom. The van der Waals surface area contributed by atoms with E-state index in [0.29, 0.717) is 0 Å². The maximum Gasteiger partial charge on any atom is 0.0994 e. The van der Waals surface area contributed by atoms with Crippen molar-refractivity contribution in [3.63, 3.8) is 0 Å². The number of aliphatic hydroxyl groups is 1. The van der Waals surface area contributed by atoms with Gasteiger partial charge < -0.3 is 9.51 Å². The molecule has 96 valence electrons. The van der Waals surface area contributed by atoms with Crippen molar-refractivity contribution in [1.82, 2.24) is 9.38 Å². The second-order valence-corrected chi connectivity index (χ2v) is 4.68. The van der Waals surface area contributed by atoms with E-state index in [2.05, 4.69) is 39.7 Å². The molecule has 0 aliphatic carbocycles. The Morgan fingerprint density at radius 2 is 1.74 bits per heavy atom. The Labute approximate surface area is 112 Å². The van der Waals surface area contributed by atoms with Crippen LogP contribution in [0.2, 0.25) is 0 Å². The Balaban J connectivity index is 1.76. The number of rotatable bonds is 4. The van der Waals surface area contributed by atoms with E-state index < -0.39 is 0 Å². The quantitative estimate of drug-likeness (QED) is 0.775. The SMILES string of the molecule is OCc1ccc(CCc2cccc3cncn23)cc1. The third-order valence-corrected chi connectivity index (χ3v) is 3.41. The van der Waals surface area contributed by atoms with E-state index in [4.69, 9.17) is 5.11 Å². The number of hydrogen-bond donors (Lipinski definition) is 1. The largest absolute Gasteiger partial charge is 0.392 e. The minimum absolute atomic E-state index is 0.106. The zero-order chi connectivity index (χ0) is 13.1. The molecule has 0 bridgehead atoms. The second-order valence-electron chi connectivity index (χ2n) is 4.68. The van der Waals surface area contributed by atoms with Gasteiger partial charge in [0.05, 0.1) is 24.6 Å². The molecule has 0 unspecified atom stereocenters. The minimum Gasteiger partial charge on any atom is -0.392 e. The normalized spacial score (nSPS) is 11.0. The summed E-state index contributed by atoms with van der Waals surface area (Å²) in [6.07, 6.45) is 5.70. The molecular weight excluding hydrogens is 236 g/mol. The van der Waals surface area contributed by atoms with E-state index in [1.807, 2.05) is 24.7 Å². The predicted octanol–water partition coefficient (Wildman–Crippen LogP) is 2.61. The van der Waals surface area contributed by atoms with E-state index in [-0.39, 0.29) is 6.61 Å². The predicted molar refractivity (Wildman–Crippen MR) is 75.0 cm³/mol. The molecule has 3 nitrogen and oxygen atoms in total. The number of pyridine rings is 1. The molecule has 0 radical (unpaired) electrons. The van der Waals surface area contributed by atoms with Crippen LogP contribution in [0.4, 0.5) is 0 Å². The summed E-state index contributed by atoms with van der Waals surface area (Å²) in [5.41, 5.74) is 4.64. The van der Waals surface area contributed by atoms with Crippen LogP contribution in [0.15, 0.2) is 55.0 Å². The lowest BCUT2D eigenvalue weighted by Gasteiger charge is -2.06. The first-order valence-corrected chi connectivity index (χ1v) is 6.45. The lowest BCUT2D eigenvalue weighted by molar-refractivity contribution is 0.282. The molecule has 1 N–H and O–H groups in total. The van der Waals surface area contributed by atoms with Crippen molar-refractivity contribution in [2.24, 2.45) is 0 Å². The van der Waals surface area contributed by atoms with E-state index in [9.17, 15) is 0 Å². The van der Waals surface area contributed by atoms with Gasteiger partial charge in [-0.1, -0.05) is 30.3 Å². The summed E-state index contributed by atoms with van der Waals surface area (Å²) in [6, 6.07) is 14.4. The molecule has 0 atom stereocenters. The van der Waals surface area contributed by atoms with Gasteiger partial charge in [-0.2, -0.15) is 0 Å². The van der Waals surface area contributed by atoms with Crippen molar-refractivity contribution in [1.29, 1.82) is 0 Å². The maximum absolute atomic E-state index is 9.02. The van der Waals surface area contributed by atoms with Crippen LogP contribution in [0.1, 0.15) is 16.8 Å². The summed E-state index contributed by atoms with van der Waals surface area (Å²) in [6.45, 7) is 0.106. The van der Waals surface area contributed by atoms with Gasteiger partial charge >= 0.3 is 0 Å². The number of aryl methyl sites for hydroxylation is 2. The van der Waals surface area contributed by atoms with Crippen LogP contribution in [-0.2, 0) is 19.4 Å². The molecule has 0 spiro atoms. The number of imidazole rings is 1. The number of hydrogen-bond acceptors (Lipinski definition) is 2. The van der Waals surface area contributed by atoms with Gasteiger partial charge in [-0.25, -0.2) is 4.98 Å². The smallest absolute Gasteiger partial charge is 0.0994 e. The molecule has 3 aromatic rings. The molecule has 0 amide bonds. The van der Waals surface area contributed by atoms with Gasteiger partial charge in [0.25, 0.3) is 0 Å². The van der Waals surface area contributed by atoms with E-state index in [1.165, 1.54) is 11.3 Å². The van der Waals surface area contributed by atoms with E-state index >= 15 is 0 Å². The number of aliphatic hydroxyl groups excluding tert-OH is 1. The molecule has 0 fully saturated rings. The van der Waals surface area contributed by atoms with Crippen molar-refractivity contribution < 1.29 is 5.11 Å². The zero-order valence-corrected chi connectivity index (χ0v) is 10.7. The summed E-state index contributed by atoms with van der Waals surface area (Å²) in [7, 11) is 0. The highest BCUT2D eigenvalue weighted by atomic mass is 16.3. The molecule has 2 heterocycles. The molecule has 1 aromatic carbocycles. The topological polar surface area (TPSA) is 37.5 Å². The summed E-state index contributed by atoms with van der Waals surface area (Å²) in [4.78, 5) is 4.17. The van der Waals surface area contributed by atoms with Crippen LogP contribution >= 0.6 is 0 Å². The highest BCUT2D eigenvalue weighted by Crippen LogP contribution is 2.11. The van der Waals surface area contributed by atoms with Crippen LogP contribution in [0.3, 0.4) is 0 Å². The molecule has 0 aliphatic heterocycles. The fourth-order valence-corrected chi connectivity index (χ4v) is 2.29. The molecule has 19 heavy (non-hydrogen) atoms. The van der Waals surface area contributed by atoms with Gasteiger partial charge in [0, 0.05) is 5.69 Å². The Kier molecular flexibility index (Phi) is 3.29. The Morgan fingerprint density at radius 1 is 0.947 bits per heavy atom. The lowest BCUT2D eigenvalue weighted by Crippen LogP contribution is -1.98. The van der Waals surface area contributed by atoms with Crippen LogP contribution in [0.5, 0.6) is 0 Å². The average molecular weight is 252 g/mol. The molecule has 0 aliphatic rings. The van der Waals surface area contributed by atoms with Crippen molar-refractivity contribution in [3.05, 3.63) is 71.8 Å². The molecular formula is C16H16N2O. The minimum atomic E-state index is 0.106. The first-order chi connectivity index (χ1) is 9.36. The maximum atomic E-state index is 9.02. The third-order valence-electron chi connectivity index (χ3n) is 3.41. The average Bonchev–Trinajstić information content (AvgIpc) is 2.94. The Bertz CT molecular complexity index is 671. The van der Waals surface area contributed by atoms with Gasteiger partial charge in [-0.3, -0.25) is 0 Å². The van der Waals surface area contributed by atoms with E-state index in [0.717, 1.165) is 23.9 Å². The fraction of sp³-hybridized carbons (Fsp3) is 0.188. The highest BCUT2D eigenvalue weighted by Gasteiger charge is 2.01. The van der Waals surface area contributed by atoms with Crippen LogP contribution in [-0.4, -0.2) is 14.5 Å². The summed E-state index contributed by atoms with van der Waals surface area (Å²) < 4.78 is 2.13. The molecule has 3 heteroatoms. The standard InChI is InChI=1S/C16H16N2O/c19-11-14-6-4-13(5-7-14)8-9-15-2-1-3-16-10-17-12-18(15)16/h1-7,10,12,19H,8-9,11H2. The van der Waals surface area contributed by atoms with Crippen molar-refractivity contribution >= 4 is 5.52 Å². The molecule has 2 aromatic heterocycles. The van der Waals surface area contributed by atoms with Gasteiger partial charge in [-0.05, 0) is 36.1 Å². The van der Waals surface area contributed by atoms with E-state index in [1.54, 1.807) is 0 Å². The summed E-state index contributed by atoms with van der Waals surface area (Å²) in [5, 5.41) is 9.02. The first kappa shape index (κ1) is 11.9. The third kappa shape index (κ3) is 2.51. The van der Waals surface area contributed by atoms with Gasteiger partial charge in [0.1, 0.15) is 0 Å². The first-order valence-electron chi connectivity index (χ1n) is 6.45. The zero-order valence-electron chi connectivity index (χ0n) is 10.7. The van der Waals surface area contributed by atoms with Gasteiger partial charge in [0.15, 0.2) is 0 Å². The van der Waals surface area contributed by atoms with Crippen molar-refractivity contribution in [2.45, 2.75) is 19.4 Å². The van der Waals surface area contributed by atoms with Gasteiger partial charge in [-0.15, -0.1) is 0 Å². The number of benzene rings is 1. The fourth-order valence-electron chi connectivity index (χ4n) is 2.29. The van der Waals surface area contributed by atoms with Crippen molar-refractivity contribution in [2.75, 3.05) is 0 Å². The highest BCUT2D eigenvalue weighted by molar-refractivity contribution is 5.45. The molecule has 0 saturated carbocycles. The number of nitrogens with zero attached hydrogens (tertiary/aromatic N) is 2. The number of aromatic nitrogens is 2. The lowest BCUT2D eigenvalue weighted by atomic mass is 10.1. The summed E-state index contributed by atoms with van der Waals surface area (Å²) in [5.74, 6) is 0. The van der Waals surface area contributed by atoms with Crippen LogP contribution in [0, 0.1) is 0 Å². The van der Waals surface area contributed by atoms with Gasteiger partial charge in [0.2, 0.25) is 0 Å². The molecule has 0 saturated heterocycles. The number of fused-ring (bicyclic) bond motifs is 1. The van der Waals surface area contributed by atoms with Crippen LogP contribution in [0.25, 0.3) is 5.52 Å². The molecule has 3 rings (SSSR count). The van der Waals surface area contributed by atoms with Crippen molar-refractivity contribution in [3.8, 4) is 0 Å². The summed E-state index contributed by atoms with van der Waals surface area (Å²) >= 11 is 0. The second kappa shape index (κ2) is 5.24.